The number of aliphatic hydroxyl groups excluding tert-OH is 14. The first kappa shape index (κ1) is 77.0. The maximum absolute atomic E-state index is 13.8. The standard InChI is InChI=1S/C51H79N3O38/c1-15(57)52-29-21(63)7-49(46(75)76,89-40(29)32(67)24(66)12-81-18(4)60)87-27(13-82-19(5)61)34(69)41-30(53-16(2)58)22(64)8-50(90-41,47(77)78)88-28(14-83-20(6)62)35(70)42-31(54-17(3)59)23(65)9-51(91-42,48(79)80)92-43-33(68)25(10-55)85-45(38(43)73)86-39-26(11-56)84-44(74)37(72)36(39)71/h21-45,55-56,63-74H,7-14H2,1-6H3,(H,52,57)(H,53,58)(H,54,59)(H,75,76)(H,77,78)(H,79,80)/t21-,22-,23-,24+,25+,26+,27+,28+,29+,30+,31+,32+,33-,34+,35+,36+,37+,38+,39+,40+,41+,42+,43-,44+,45-,49+,50+,51-/m0/s1. The summed E-state index contributed by atoms with van der Waals surface area (Å²) in [5.74, 6) is -24.0. The van der Waals surface area contributed by atoms with Gasteiger partial charge in [-0.1, -0.05) is 0 Å². The normalized spacial score (nSPS) is 38.5. The Hall–Kier alpha value is -5.69. The quantitative estimate of drug-likeness (QED) is 0.0255. The third-order valence-electron chi connectivity index (χ3n) is 15.3. The van der Waals surface area contributed by atoms with Gasteiger partial charge in [-0.2, -0.15) is 0 Å². The molecule has 0 saturated carbocycles. The van der Waals surface area contributed by atoms with E-state index in [9.17, 15) is 130 Å². The Morgan fingerprint density at radius 1 is 0.467 bits per heavy atom. The SMILES string of the molecule is CC(=O)N[C@H]1[C@H]([C@H](O)[C@H](O)COC(C)=O)O[C@@](O[C@H](COC(C)=O)[C@@H](O)[C@@H]2O[C@@](O[C@H](COC(C)=O)[C@@H](O)[C@@H]3O[C@@](O[C@H]4[C@@H](O)[C@@H](CO)O[C@@H](O[C@H]5[C@H](O)[C@@H](O)[C@H](O)O[C@@H]5CO)[C@@H]4O)(C(=O)O)C[C@H](O)[C@H]3NC(C)=O)(C(=O)O)C[C@H](O)[C@H]2NC(C)=O)(C(=O)O)C[C@@H]1O. The molecule has 0 unspecified atom stereocenters. The molecule has 5 aliphatic heterocycles. The number of carboxylic acid groups (broad SMARTS) is 3. The van der Waals surface area contributed by atoms with E-state index in [1.165, 1.54) is 0 Å². The van der Waals surface area contributed by atoms with Gasteiger partial charge in [-0.15, -0.1) is 0 Å². The first-order valence-electron chi connectivity index (χ1n) is 28.1. The summed E-state index contributed by atoms with van der Waals surface area (Å²) in [7, 11) is 0. The van der Waals surface area contributed by atoms with Crippen LogP contribution in [0.1, 0.15) is 60.8 Å². The van der Waals surface area contributed by atoms with Gasteiger partial charge in [0, 0.05) is 60.8 Å². The summed E-state index contributed by atoms with van der Waals surface area (Å²) in [5.41, 5.74) is 0. The summed E-state index contributed by atoms with van der Waals surface area (Å²) in [6, 6.07) is -6.03. The second-order valence-corrected chi connectivity index (χ2v) is 22.3. The molecule has 41 nitrogen and oxygen atoms in total. The van der Waals surface area contributed by atoms with E-state index in [0.717, 1.165) is 41.5 Å². The molecule has 0 aromatic rings. The summed E-state index contributed by atoms with van der Waals surface area (Å²) in [5, 5.41) is 196. The summed E-state index contributed by atoms with van der Waals surface area (Å²) >= 11 is 0. The first-order chi connectivity index (χ1) is 42.8. The molecule has 5 rings (SSSR count). The molecule has 5 fully saturated rings. The van der Waals surface area contributed by atoms with Crippen LogP contribution in [-0.2, 0) is 100.0 Å². The fourth-order valence-corrected chi connectivity index (χ4v) is 10.9. The lowest BCUT2D eigenvalue weighted by Gasteiger charge is -2.51. The largest absolute Gasteiger partial charge is 0.477 e. The Bertz CT molecular complexity index is 2590. The minimum absolute atomic E-state index is 0.765. The van der Waals surface area contributed by atoms with Crippen LogP contribution in [0.5, 0.6) is 0 Å². The highest BCUT2D eigenvalue weighted by Crippen LogP contribution is 2.42. The molecule has 28 atom stereocenters. The number of aliphatic hydroxyl groups is 14. The van der Waals surface area contributed by atoms with Crippen LogP contribution in [0.25, 0.3) is 0 Å². The third-order valence-corrected chi connectivity index (χ3v) is 15.3. The number of ether oxygens (including phenoxy) is 12. The van der Waals surface area contributed by atoms with Gasteiger partial charge < -0.3 is 160 Å². The van der Waals surface area contributed by atoms with Crippen LogP contribution in [-0.4, -0.2) is 344 Å². The fraction of sp³-hybridized carbons (Fsp3) is 0.824. The molecule has 0 aliphatic carbocycles. The van der Waals surface area contributed by atoms with E-state index in [2.05, 4.69) is 16.0 Å². The minimum atomic E-state index is -3.64. The van der Waals surface area contributed by atoms with Gasteiger partial charge >= 0.3 is 35.8 Å². The van der Waals surface area contributed by atoms with Gasteiger partial charge in [0.2, 0.25) is 17.7 Å². The lowest BCUT2D eigenvalue weighted by atomic mass is 9.86. The van der Waals surface area contributed by atoms with Crippen LogP contribution < -0.4 is 16.0 Å². The number of hydrogen-bond donors (Lipinski definition) is 20. The predicted octanol–water partition coefficient (Wildman–Crippen LogP) is -12.2. The van der Waals surface area contributed by atoms with Crippen LogP contribution in [0.4, 0.5) is 0 Å². The van der Waals surface area contributed by atoms with Gasteiger partial charge in [-0.25, -0.2) is 14.4 Å². The van der Waals surface area contributed by atoms with E-state index in [-0.39, 0.29) is 0 Å². The van der Waals surface area contributed by atoms with E-state index in [1.807, 2.05) is 0 Å². The molecule has 0 bridgehead atoms. The Balaban J connectivity index is 1.60. The lowest BCUT2D eigenvalue weighted by Crippen LogP contribution is -2.72. The van der Waals surface area contributed by atoms with Crippen molar-refractivity contribution >= 4 is 53.5 Å². The number of amides is 3. The molecular weight excluding hydrogens is 1260 g/mol. The predicted molar refractivity (Wildman–Crippen MR) is 282 cm³/mol. The molecule has 5 aliphatic rings. The van der Waals surface area contributed by atoms with Crippen LogP contribution in [0.15, 0.2) is 0 Å². The van der Waals surface area contributed by atoms with E-state index in [4.69, 9.17) is 56.8 Å². The highest BCUT2D eigenvalue weighted by molar-refractivity contribution is 5.78. The zero-order valence-corrected chi connectivity index (χ0v) is 49.8. The molecule has 0 aromatic heterocycles. The monoisotopic (exact) mass is 1340 g/mol. The molecule has 526 valence electrons. The molecule has 92 heavy (non-hydrogen) atoms. The number of carboxylic acids is 3. The zero-order chi connectivity index (χ0) is 69.4. The van der Waals surface area contributed by atoms with Crippen molar-refractivity contribution < 1.29 is 187 Å². The number of carbonyl (C=O) groups is 9. The third kappa shape index (κ3) is 18.0. The van der Waals surface area contributed by atoms with Crippen molar-refractivity contribution in [3.8, 4) is 0 Å². The highest BCUT2D eigenvalue weighted by Gasteiger charge is 2.64. The summed E-state index contributed by atoms with van der Waals surface area (Å²) < 4.78 is 65.9. The van der Waals surface area contributed by atoms with Crippen LogP contribution in [0.3, 0.4) is 0 Å². The second-order valence-electron chi connectivity index (χ2n) is 22.3. The number of esters is 3. The van der Waals surface area contributed by atoms with Gasteiger partial charge in [0.15, 0.2) is 12.6 Å². The van der Waals surface area contributed by atoms with Gasteiger partial charge in [0.25, 0.3) is 17.4 Å². The van der Waals surface area contributed by atoms with Crippen LogP contribution in [0.2, 0.25) is 0 Å². The summed E-state index contributed by atoms with van der Waals surface area (Å²) in [4.78, 5) is 115. The Labute approximate surface area is 519 Å². The van der Waals surface area contributed by atoms with Gasteiger partial charge in [-0.3, -0.25) is 28.8 Å². The lowest BCUT2D eigenvalue weighted by molar-refractivity contribution is -0.387. The van der Waals surface area contributed by atoms with Gasteiger partial charge in [0.05, 0.1) is 49.7 Å². The van der Waals surface area contributed by atoms with E-state index in [1.54, 1.807) is 0 Å². The maximum Gasteiger partial charge on any atom is 0.364 e. The molecule has 5 heterocycles. The Kier molecular flexibility index (Phi) is 26.9. The summed E-state index contributed by atoms with van der Waals surface area (Å²) in [6.45, 7) is -0.898. The molecule has 0 radical (unpaired) electrons. The van der Waals surface area contributed by atoms with Crippen molar-refractivity contribution in [3.63, 3.8) is 0 Å². The van der Waals surface area contributed by atoms with Crippen molar-refractivity contribution in [2.45, 2.75) is 231 Å². The van der Waals surface area contributed by atoms with Crippen LogP contribution in [0, 0.1) is 0 Å². The topological polar surface area (TPSA) is 644 Å². The van der Waals surface area contributed by atoms with Crippen molar-refractivity contribution in [2.24, 2.45) is 0 Å². The van der Waals surface area contributed by atoms with E-state index in [0.29, 0.717) is 0 Å². The average Bonchev–Trinajstić information content (AvgIpc) is 0.767. The van der Waals surface area contributed by atoms with Crippen LogP contribution >= 0.6 is 0 Å². The summed E-state index contributed by atoms with van der Waals surface area (Å²) in [6.07, 6.45) is -55.3. The Morgan fingerprint density at radius 3 is 1.21 bits per heavy atom. The average molecular weight is 1340 g/mol. The molecule has 20 N–H and O–H groups in total. The number of nitrogens with one attached hydrogen (secondary N) is 3. The van der Waals surface area contributed by atoms with Crippen molar-refractivity contribution in [1.29, 1.82) is 0 Å². The van der Waals surface area contributed by atoms with Gasteiger partial charge in [-0.05, 0) is 0 Å². The molecular formula is C51H79N3O38. The van der Waals surface area contributed by atoms with Crippen molar-refractivity contribution in [3.05, 3.63) is 0 Å². The smallest absolute Gasteiger partial charge is 0.364 e. The molecule has 0 aromatic carbocycles. The van der Waals surface area contributed by atoms with E-state index < -0.39 is 276 Å². The molecule has 41 heteroatoms. The number of rotatable bonds is 28. The minimum Gasteiger partial charge on any atom is -0.477 e. The second kappa shape index (κ2) is 32.2. The number of carbonyl (C=O) groups excluding carboxylic acids is 6. The number of aliphatic carboxylic acids is 3. The zero-order valence-electron chi connectivity index (χ0n) is 49.8. The molecule has 3 amide bonds. The van der Waals surface area contributed by atoms with Crippen molar-refractivity contribution in [2.75, 3.05) is 33.0 Å². The highest BCUT2D eigenvalue weighted by atomic mass is 16.8. The van der Waals surface area contributed by atoms with Gasteiger partial charge in [0.1, 0.15) is 124 Å². The fourth-order valence-electron chi connectivity index (χ4n) is 10.9. The maximum atomic E-state index is 13.8. The van der Waals surface area contributed by atoms with E-state index >= 15 is 0 Å². The molecule has 5 saturated heterocycles. The molecule has 0 spiro atoms. The first-order valence-corrected chi connectivity index (χ1v) is 28.1. The number of hydrogen-bond acceptors (Lipinski definition) is 35. The van der Waals surface area contributed by atoms with Crippen molar-refractivity contribution in [1.82, 2.24) is 16.0 Å². The Morgan fingerprint density at radius 2 is 0.837 bits per heavy atom.